The highest BCUT2D eigenvalue weighted by atomic mass is 16.5. The number of nitrogens with zero attached hydrogens (tertiary/aromatic N) is 6. The molecule has 164 valence electrons. The van der Waals surface area contributed by atoms with Gasteiger partial charge in [0.25, 0.3) is 0 Å². The summed E-state index contributed by atoms with van der Waals surface area (Å²) in [7, 11) is 2.21. The number of anilines is 1. The first-order valence-corrected chi connectivity index (χ1v) is 11.4. The maximum Gasteiger partial charge on any atom is 0.101 e. The summed E-state index contributed by atoms with van der Waals surface area (Å²) in [5, 5.41) is 10.5. The highest BCUT2D eigenvalue weighted by Gasteiger charge is 2.36. The van der Waals surface area contributed by atoms with Crippen LogP contribution in [-0.4, -0.2) is 104 Å². The van der Waals surface area contributed by atoms with E-state index >= 15 is 0 Å². The number of morpholine rings is 1. The molecule has 0 radical (unpaired) electrons. The molecule has 3 fully saturated rings. The van der Waals surface area contributed by atoms with Gasteiger partial charge in [-0.3, -0.25) is 14.8 Å². The second-order valence-electron chi connectivity index (χ2n) is 9.33. The van der Waals surface area contributed by atoms with Crippen molar-refractivity contribution in [2.75, 3.05) is 70.9 Å². The molecule has 0 bridgehead atoms. The zero-order valence-corrected chi connectivity index (χ0v) is 18.6. The summed E-state index contributed by atoms with van der Waals surface area (Å²) in [4.78, 5) is 14.5. The van der Waals surface area contributed by atoms with Crippen molar-refractivity contribution >= 4 is 16.6 Å². The third-order valence-electron chi connectivity index (χ3n) is 6.99. The quantitative estimate of drug-likeness (QED) is 0.745. The largest absolute Gasteiger partial charge is 0.370 e. The lowest BCUT2D eigenvalue weighted by Crippen LogP contribution is -2.64. The number of fused-ring (bicyclic) bond motifs is 1. The van der Waals surface area contributed by atoms with Gasteiger partial charge in [-0.25, -0.2) is 0 Å². The SMILES string of the molecule is C[C@@H]1CN(c2ccc(C#N)c3ncccc23)C[C@@H](CN2CC(N3CCN(C)CC3)C2)O1. The van der Waals surface area contributed by atoms with Crippen LogP contribution in [0.15, 0.2) is 30.5 Å². The van der Waals surface area contributed by atoms with Crippen molar-refractivity contribution in [2.45, 2.75) is 25.2 Å². The summed E-state index contributed by atoms with van der Waals surface area (Å²) in [6.45, 7) is 11.9. The average molecular weight is 421 g/mol. The summed E-state index contributed by atoms with van der Waals surface area (Å²) < 4.78 is 6.32. The maximum atomic E-state index is 9.45. The first-order chi connectivity index (χ1) is 15.1. The Morgan fingerprint density at radius 3 is 2.68 bits per heavy atom. The summed E-state index contributed by atoms with van der Waals surface area (Å²) in [6, 6.07) is 11.0. The third-order valence-corrected chi connectivity index (χ3v) is 6.99. The zero-order valence-electron chi connectivity index (χ0n) is 18.6. The molecule has 0 aliphatic carbocycles. The molecule has 0 spiro atoms. The Bertz CT molecular complexity index is 960. The lowest BCUT2D eigenvalue weighted by Gasteiger charge is -2.49. The van der Waals surface area contributed by atoms with Gasteiger partial charge in [-0.15, -0.1) is 0 Å². The highest BCUT2D eigenvalue weighted by Crippen LogP contribution is 2.30. The van der Waals surface area contributed by atoms with Gasteiger partial charge >= 0.3 is 0 Å². The minimum atomic E-state index is 0.177. The Balaban J connectivity index is 1.24. The normalized spacial score (nSPS) is 26.7. The molecule has 31 heavy (non-hydrogen) atoms. The van der Waals surface area contributed by atoms with Crippen LogP contribution in [0.5, 0.6) is 0 Å². The van der Waals surface area contributed by atoms with Gasteiger partial charge in [-0.05, 0) is 38.2 Å². The molecule has 3 aliphatic heterocycles. The fourth-order valence-electron chi connectivity index (χ4n) is 5.26. The fraction of sp³-hybridized carbons (Fsp3) is 0.583. The summed E-state index contributed by atoms with van der Waals surface area (Å²) in [5.74, 6) is 0. The molecule has 7 heteroatoms. The number of ether oxygens (including phenoxy) is 1. The number of likely N-dealkylation sites (tertiary alicyclic amines) is 1. The van der Waals surface area contributed by atoms with Crippen LogP contribution in [-0.2, 0) is 4.74 Å². The molecule has 3 saturated heterocycles. The monoisotopic (exact) mass is 420 g/mol. The van der Waals surface area contributed by atoms with Crippen molar-refractivity contribution in [1.82, 2.24) is 19.7 Å². The zero-order chi connectivity index (χ0) is 21.4. The Morgan fingerprint density at radius 1 is 1.10 bits per heavy atom. The molecule has 4 heterocycles. The summed E-state index contributed by atoms with van der Waals surface area (Å²) >= 11 is 0. The van der Waals surface area contributed by atoms with Crippen molar-refractivity contribution in [1.29, 1.82) is 5.26 Å². The molecule has 1 aromatic heterocycles. The Hall–Kier alpha value is -2.24. The average Bonchev–Trinajstić information content (AvgIpc) is 2.75. The van der Waals surface area contributed by atoms with E-state index in [1.807, 2.05) is 12.1 Å². The van der Waals surface area contributed by atoms with E-state index in [2.05, 4.69) is 56.8 Å². The standard InChI is InChI=1S/C24H32N6O/c1-18-13-30(23-6-5-19(12-25)24-22(23)4-3-7-26-24)17-21(31-18)16-28-14-20(15-28)29-10-8-27(2)9-11-29/h3-7,18,20-21H,8-11,13-17H2,1-2H3/t18-,21-/m1/s1. The first kappa shape index (κ1) is 20.7. The Kier molecular flexibility index (Phi) is 5.81. The molecule has 0 N–H and O–H groups in total. The molecule has 0 amide bonds. The van der Waals surface area contributed by atoms with Crippen molar-refractivity contribution in [2.24, 2.45) is 0 Å². The molecular formula is C24H32N6O. The lowest BCUT2D eigenvalue weighted by molar-refractivity contribution is -0.0609. The van der Waals surface area contributed by atoms with Crippen LogP contribution in [0.4, 0.5) is 5.69 Å². The number of aromatic nitrogens is 1. The van der Waals surface area contributed by atoms with Crippen LogP contribution in [0.25, 0.3) is 10.9 Å². The van der Waals surface area contributed by atoms with E-state index in [1.54, 1.807) is 6.20 Å². The smallest absolute Gasteiger partial charge is 0.101 e. The second kappa shape index (κ2) is 8.71. The molecule has 5 rings (SSSR count). The fourth-order valence-corrected chi connectivity index (χ4v) is 5.26. The molecule has 3 aliphatic rings. The number of hydrogen-bond acceptors (Lipinski definition) is 7. The molecule has 7 nitrogen and oxygen atoms in total. The lowest BCUT2D eigenvalue weighted by atomic mass is 10.0. The topological polar surface area (TPSA) is 58.9 Å². The van der Waals surface area contributed by atoms with Gasteiger partial charge in [0.05, 0.1) is 23.3 Å². The van der Waals surface area contributed by atoms with Crippen LogP contribution >= 0.6 is 0 Å². The van der Waals surface area contributed by atoms with Gasteiger partial charge in [0.1, 0.15) is 6.07 Å². The third kappa shape index (κ3) is 4.26. The number of rotatable bonds is 4. The van der Waals surface area contributed by atoms with Crippen LogP contribution in [0.3, 0.4) is 0 Å². The van der Waals surface area contributed by atoms with E-state index in [-0.39, 0.29) is 12.2 Å². The van der Waals surface area contributed by atoms with Crippen LogP contribution in [0.2, 0.25) is 0 Å². The number of likely N-dealkylation sites (N-methyl/N-ethyl adjacent to an activating group) is 1. The first-order valence-electron chi connectivity index (χ1n) is 11.4. The molecule has 0 unspecified atom stereocenters. The molecule has 1 aromatic carbocycles. The van der Waals surface area contributed by atoms with E-state index in [4.69, 9.17) is 4.74 Å². The minimum Gasteiger partial charge on any atom is -0.370 e. The van der Waals surface area contributed by atoms with Crippen LogP contribution in [0, 0.1) is 11.3 Å². The van der Waals surface area contributed by atoms with E-state index < -0.39 is 0 Å². The summed E-state index contributed by atoms with van der Waals surface area (Å²) in [5.41, 5.74) is 2.57. The van der Waals surface area contributed by atoms with Gasteiger partial charge in [0.2, 0.25) is 0 Å². The van der Waals surface area contributed by atoms with Gasteiger partial charge in [-0.1, -0.05) is 0 Å². The Morgan fingerprint density at radius 2 is 1.90 bits per heavy atom. The van der Waals surface area contributed by atoms with E-state index in [1.165, 1.54) is 26.2 Å². The molecule has 0 saturated carbocycles. The van der Waals surface area contributed by atoms with Crippen molar-refractivity contribution in [3.8, 4) is 6.07 Å². The minimum absolute atomic E-state index is 0.177. The van der Waals surface area contributed by atoms with Gasteiger partial charge in [-0.2, -0.15) is 5.26 Å². The van der Waals surface area contributed by atoms with Crippen molar-refractivity contribution < 1.29 is 4.74 Å². The molecule has 2 atom stereocenters. The van der Waals surface area contributed by atoms with Gasteiger partial charge in [0.15, 0.2) is 0 Å². The van der Waals surface area contributed by atoms with Gasteiger partial charge in [0, 0.05) is 82.2 Å². The van der Waals surface area contributed by atoms with Gasteiger partial charge < -0.3 is 14.5 Å². The Labute approximate surface area is 184 Å². The predicted octanol–water partition coefficient (Wildman–Crippen LogP) is 1.63. The van der Waals surface area contributed by atoms with E-state index in [0.717, 1.165) is 49.3 Å². The van der Waals surface area contributed by atoms with E-state index in [0.29, 0.717) is 11.6 Å². The second-order valence-corrected chi connectivity index (χ2v) is 9.33. The number of benzene rings is 1. The van der Waals surface area contributed by atoms with Crippen molar-refractivity contribution in [3.63, 3.8) is 0 Å². The maximum absolute atomic E-state index is 9.45. The van der Waals surface area contributed by atoms with Crippen molar-refractivity contribution in [3.05, 3.63) is 36.0 Å². The summed E-state index contributed by atoms with van der Waals surface area (Å²) in [6.07, 6.45) is 2.13. The highest BCUT2D eigenvalue weighted by molar-refractivity contribution is 5.95. The number of hydrogen-bond donors (Lipinski definition) is 0. The molecular weight excluding hydrogens is 388 g/mol. The molecule has 2 aromatic rings. The van der Waals surface area contributed by atoms with E-state index in [9.17, 15) is 5.26 Å². The predicted molar refractivity (Wildman–Crippen MR) is 122 cm³/mol. The van der Waals surface area contributed by atoms with Crippen LogP contribution in [0.1, 0.15) is 12.5 Å². The number of piperazine rings is 1. The number of pyridine rings is 1. The number of nitriles is 1. The van der Waals surface area contributed by atoms with Crippen LogP contribution < -0.4 is 4.90 Å².